The van der Waals surface area contributed by atoms with Crippen molar-refractivity contribution >= 4 is 11.0 Å². The standard InChI is InChI=1S/C15H20N2O/c1-12(16-17-9-5-2-6-10-17)15-11-13-7-3-4-8-14(13)18-15/h3-4,7-8,11-12,16H,2,5-6,9-10H2,1H3. The van der Waals surface area contributed by atoms with Gasteiger partial charge in [0.2, 0.25) is 0 Å². The number of nitrogens with zero attached hydrogens (tertiary/aromatic N) is 1. The minimum Gasteiger partial charge on any atom is -0.459 e. The molecule has 0 bridgehead atoms. The van der Waals surface area contributed by atoms with E-state index in [0.717, 1.165) is 24.4 Å². The molecule has 3 rings (SSSR count). The molecule has 1 aromatic carbocycles. The number of benzene rings is 1. The van der Waals surface area contributed by atoms with E-state index < -0.39 is 0 Å². The minimum absolute atomic E-state index is 0.232. The SMILES string of the molecule is CC(NN1CCCCC1)c1cc2ccccc2o1. The second-order valence-corrected chi connectivity index (χ2v) is 5.09. The second kappa shape index (κ2) is 5.12. The van der Waals surface area contributed by atoms with Crippen molar-refractivity contribution in [3.05, 3.63) is 36.1 Å². The van der Waals surface area contributed by atoms with Gasteiger partial charge in [-0.15, -0.1) is 0 Å². The fourth-order valence-corrected chi connectivity index (χ4v) is 2.58. The Hall–Kier alpha value is -1.32. The predicted molar refractivity (Wildman–Crippen MR) is 73.2 cm³/mol. The van der Waals surface area contributed by atoms with Crippen molar-refractivity contribution in [2.75, 3.05) is 13.1 Å². The molecule has 1 saturated heterocycles. The number of piperidine rings is 1. The predicted octanol–water partition coefficient (Wildman–Crippen LogP) is 3.48. The molecule has 1 N–H and O–H groups in total. The van der Waals surface area contributed by atoms with Crippen LogP contribution in [0.5, 0.6) is 0 Å². The van der Waals surface area contributed by atoms with Crippen LogP contribution in [0.1, 0.15) is 38.0 Å². The molecular weight excluding hydrogens is 224 g/mol. The van der Waals surface area contributed by atoms with Crippen LogP contribution in [0.2, 0.25) is 0 Å². The fourth-order valence-electron chi connectivity index (χ4n) is 2.58. The average molecular weight is 244 g/mol. The van der Waals surface area contributed by atoms with Gasteiger partial charge in [0.25, 0.3) is 0 Å². The quantitative estimate of drug-likeness (QED) is 0.896. The van der Waals surface area contributed by atoms with Crippen molar-refractivity contribution in [3.8, 4) is 0 Å². The highest BCUT2D eigenvalue weighted by Crippen LogP contribution is 2.24. The monoisotopic (exact) mass is 244 g/mol. The van der Waals surface area contributed by atoms with Crippen LogP contribution in [0.25, 0.3) is 11.0 Å². The van der Waals surface area contributed by atoms with Gasteiger partial charge in [-0.25, -0.2) is 10.4 Å². The van der Waals surface area contributed by atoms with Crippen molar-refractivity contribution in [3.63, 3.8) is 0 Å². The number of furan rings is 1. The van der Waals surface area contributed by atoms with E-state index in [9.17, 15) is 0 Å². The molecule has 0 amide bonds. The molecule has 1 fully saturated rings. The van der Waals surface area contributed by atoms with Crippen molar-refractivity contribution in [1.82, 2.24) is 10.4 Å². The molecule has 2 heterocycles. The second-order valence-electron chi connectivity index (χ2n) is 5.09. The van der Waals surface area contributed by atoms with Gasteiger partial charge in [-0.3, -0.25) is 0 Å². The van der Waals surface area contributed by atoms with Crippen molar-refractivity contribution in [1.29, 1.82) is 0 Å². The Morgan fingerprint density at radius 3 is 2.72 bits per heavy atom. The van der Waals surface area contributed by atoms with Crippen molar-refractivity contribution in [2.45, 2.75) is 32.2 Å². The first-order valence-electron chi connectivity index (χ1n) is 6.82. The summed E-state index contributed by atoms with van der Waals surface area (Å²) in [5.74, 6) is 1.02. The lowest BCUT2D eigenvalue weighted by molar-refractivity contribution is 0.127. The molecule has 96 valence electrons. The normalized spacial score (nSPS) is 19.2. The van der Waals surface area contributed by atoms with Crippen LogP contribution < -0.4 is 5.43 Å². The highest BCUT2D eigenvalue weighted by Gasteiger charge is 2.16. The molecule has 1 aromatic heterocycles. The number of rotatable bonds is 3. The summed E-state index contributed by atoms with van der Waals surface area (Å²) in [7, 11) is 0. The number of fused-ring (bicyclic) bond motifs is 1. The molecule has 0 spiro atoms. The third kappa shape index (κ3) is 2.42. The van der Waals surface area contributed by atoms with Gasteiger partial charge >= 0.3 is 0 Å². The van der Waals surface area contributed by atoms with Crippen LogP contribution >= 0.6 is 0 Å². The van der Waals surface area contributed by atoms with E-state index in [-0.39, 0.29) is 6.04 Å². The van der Waals surface area contributed by atoms with E-state index in [1.54, 1.807) is 0 Å². The van der Waals surface area contributed by atoms with Gasteiger partial charge in [-0.05, 0) is 31.9 Å². The number of nitrogens with one attached hydrogen (secondary N) is 1. The highest BCUT2D eigenvalue weighted by molar-refractivity contribution is 5.77. The van der Waals surface area contributed by atoms with E-state index in [2.05, 4.69) is 29.5 Å². The van der Waals surface area contributed by atoms with Gasteiger partial charge < -0.3 is 4.42 Å². The molecule has 0 aliphatic carbocycles. The first kappa shape index (κ1) is 11.8. The largest absolute Gasteiger partial charge is 0.459 e. The van der Waals surface area contributed by atoms with Gasteiger partial charge in [0.05, 0.1) is 6.04 Å². The summed E-state index contributed by atoms with van der Waals surface area (Å²) in [6.07, 6.45) is 3.94. The van der Waals surface area contributed by atoms with Gasteiger partial charge in [-0.1, -0.05) is 24.6 Å². The molecule has 2 aromatic rings. The maximum atomic E-state index is 5.88. The zero-order valence-corrected chi connectivity index (χ0v) is 10.9. The third-order valence-electron chi connectivity index (χ3n) is 3.60. The maximum Gasteiger partial charge on any atom is 0.134 e. The summed E-state index contributed by atoms with van der Waals surface area (Å²) in [6.45, 7) is 4.45. The van der Waals surface area contributed by atoms with E-state index in [4.69, 9.17) is 4.42 Å². The minimum atomic E-state index is 0.232. The van der Waals surface area contributed by atoms with Crippen LogP contribution in [0.15, 0.2) is 34.7 Å². The Morgan fingerprint density at radius 2 is 1.94 bits per heavy atom. The van der Waals surface area contributed by atoms with Crippen molar-refractivity contribution in [2.24, 2.45) is 0 Å². The summed E-state index contributed by atoms with van der Waals surface area (Å²) in [5.41, 5.74) is 4.51. The van der Waals surface area contributed by atoms with Gasteiger partial charge in [0.15, 0.2) is 0 Å². The summed E-state index contributed by atoms with van der Waals surface area (Å²) in [4.78, 5) is 0. The van der Waals surface area contributed by atoms with Crippen molar-refractivity contribution < 1.29 is 4.42 Å². The Morgan fingerprint density at radius 1 is 1.17 bits per heavy atom. The number of hydrogen-bond donors (Lipinski definition) is 1. The van der Waals surface area contributed by atoms with E-state index >= 15 is 0 Å². The molecule has 1 atom stereocenters. The molecular formula is C15H20N2O. The lowest BCUT2D eigenvalue weighted by atomic mass is 10.1. The zero-order valence-electron chi connectivity index (χ0n) is 10.9. The number of para-hydroxylation sites is 1. The fraction of sp³-hybridized carbons (Fsp3) is 0.467. The molecule has 1 aliphatic rings. The molecule has 1 unspecified atom stereocenters. The van der Waals surface area contributed by atoms with E-state index in [1.165, 1.54) is 24.6 Å². The average Bonchev–Trinajstić information content (AvgIpc) is 2.84. The summed E-state index contributed by atoms with van der Waals surface area (Å²) in [6, 6.07) is 10.5. The molecule has 3 heteroatoms. The molecule has 0 radical (unpaired) electrons. The molecule has 18 heavy (non-hydrogen) atoms. The van der Waals surface area contributed by atoms with Gasteiger partial charge in [0, 0.05) is 18.5 Å². The Balaban J connectivity index is 1.72. The Labute approximate surface area is 108 Å². The smallest absolute Gasteiger partial charge is 0.134 e. The summed E-state index contributed by atoms with van der Waals surface area (Å²) in [5, 5.41) is 3.50. The molecule has 0 saturated carbocycles. The highest BCUT2D eigenvalue weighted by atomic mass is 16.3. The number of hydrogen-bond acceptors (Lipinski definition) is 3. The van der Waals surface area contributed by atoms with Crippen LogP contribution in [-0.2, 0) is 0 Å². The summed E-state index contributed by atoms with van der Waals surface area (Å²) >= 11 is 0. The van der Waals surface area contributed by atoms with Crippen LogP contribution in [0.3, 0.4) is 0 Å². The first-order valence-corrected chi connectivity index (χ1v) is 6.82. The van der Waals surface area contributed by atoms with Crippen LogP contribution in [0, 0.1) is 0 Å². The van der Waals surface area contributed by atoms with E-state index in [1.807, 2.05) is 18.2 Å². The van der Waals surface area contributed by atoms with E-state index in [0.29, 0.717) is 0 Å². The molecule has 3 nitrogen and oxygen atoms in total. The van der Waals surface area contributed by atoms with Crippen LogP contribution in [0.4, 0.5) is 0 Å². The number of hydrazine groups is 1. The first-order chi connectivity index (χ1) is 8.83. The Kier molecular flexibility index (Phi) is 3.35. The lowest BCUT2D eigenvalue weighted by Gasteiger charge is -2.29. The molecule has 1 aliphatic heterocycles. The summed E-state index contributed by atoms with van der Waals surface area (Å²) < 4.78 is 5.88. The Bertz CT molecular complexity index is 481. The van der Waals surface area contributed by atoms with Crippen LogP contribution in [-0.4, -0.2) is 18.1 Å². The maximum absolute atomic E-state index is 5.88. The third-order valence-corrected chi connectivity index (χ3v) is 3.60. The lowest BCUT2D eigenvalue weighted by Crippen LogP contribution is -2.42. The van der Waals surface area contributed by atoms with Gasteiger partial charge in [-0.2, -0.15) is 0 Å². The van der Waals surface area contributed by atoms with Gasteiger partial charge in [0.1, 0.15) is 11.3 Å². The topological polar surface area (TPSA) is 28.4 Å². The zero-order chi connectivity index (χ0) is 12.4.